The van der Waals surface area contributed by atoms with Gasteiger partial charge in [-0.1, -0.05) is 12.1 Å². The van der Waals surface area contributed by atoms with Gasteiger partial charge in [0.15, 0.2) is 0 Å². The first-order valence-electron chi connectivity index (χ1n) is 6.63. The van der Waals surface area contributed by atoms with Crippen molar-refractivity contribution < 1.29 is 9.47 Å². The summed E-state index contributed by atoms with van der Waals surface area (Å²) in [5, 5.41) is 0. The van der Waals surface area contributed by atoms with Crippen LogP contribution in [0, 0.1) is 5.92 Å². The fourth-order valence-corrected chi connectivity index (χ4v) is 2.65. The average Bonchev–Trinajstić information content (AvgIpc) is 2.39. The van der Waals surface area contributed by atoms with Crippen LogP contribution in [-0.2, 0) is 10.3 Å². The third kappa shape index (κ3) is 3.24. The second-order valence-electron chi connectivity index (χ2n) is 5.41. The van der Waals surface area contributed by atoms with Crippen molar-refractivity contribution in [3.63, 3.8) is 0 Å². The minimum absolute atomic E-state index is 0.295. The van der Waals surface area contributed by atoms with Gasteiger partial charge in [-0.05, 0) is 49.8 Å². The van der Waals surface area contributed by atoms with Crippen LogP contribution in [0.2, 0.25) is 0 Å². The highest BCUT2D eigenvalue weighted by molar-refractivity contribution is 5.32. The Balaban J connectivity index is 2.08. The quantitative estimate of drug-likeness (QED) is 0.892. The van der Waals surface area contributed by atoms with Crippen molar-refractivity contribution in [2.45, 2.75) is 31.7 Å². The van der Waals surface area contributed by atoms with E-state index >= 15 is 0 Å². The number of methoxy groups -OCH3 is 1. The number of ether oxygens (including phenoxy) is 2. The van der Waals surface area contributed by atoms with Crippen molar-refractivity contribution in [3.8, 4) is 5.75 Å². The van der Waals surface area contributed by atoms with E-state index in [-0.39, 0.29) is 5.54 Å². The van der Waals surface area contributed by atoms with Crippen LogP contribution in [0.3, 0.4) is 0 Å². The van der Waals surface area contributed by atoms with Gasteiger partial charge in [-0.25, -0.2) is 0 Å². The first-order valence-corrected chi connectivity index (χ1v) is 6.63. The maximum Gasteiger partial charge on any atom is 0.119 e. The third-order valence-electron chi connectivity index (χ3n) is 3.78. The number of hydrogen-bond donors (Lipinski definition) is 1. The normalized spacial score (nSPS) is 20.4. The second kappa shape index (κ2) is 5.72. The number of nitrogens with two attached hydrogens (primary N) is 1. The number of hydrogen-bond acceptors (Lipinski definition) is 3. The molecule has 0 aliphatic carbocycles. The molecule has 2 rings (SSSR count). The standard InChI is InChI=1S/C15H23NO2/c1-15(16,11-12-6-8-18-9-7-12)13-4-3-5-14(10-13)17-2/h3-5,10,12H,6-9,11,16H2,1-2H3. The molecule has 100 valence electrons. The van der Waals surface area contributed by atoms with Gasteiger partial charge in [0.25, 0.3) is 0 Å². The van der Waals surface area contributed by atoms with Crippen molar-refractivity contribution >= 4 is 0 Å². The summed E-state index contributed by atoms with van der Waals surface area (Å²) in [6.45, 7) is 3.86. The smallest absolute Gasteiger partial charge is 0.119 e. The Kier molecular flexibility index (Phi) is 4.25. The molecule has 1 unspecified atom stereocenters. The summed E-state index contributed by atoms with van der Waals surface area (Å²) in [5.74, 6) is 1.54. The summed E-state index contributed by atoms with van der Waals surface area (Å²) in [7, 11) is 1.69. The van der Waals surface area contributed by atoms with E-state index in [4.69, 9.17) is 15.2 Å². The lowest BCUT2D eigenvalue weighted by molar-refractivity contribution is 0.0570. The van der Waals surface area contributed by atoms with E-state index in [0.717, 1.165) is 43.8 Å². The highest BCUT2D eigenvalue weighted by atomic mass is 16.5. The van der Waals surface area contributed by atoms with E-state index in [9.17, 15) is 0 Å². The second-order valence-corrected chi connectivity index (χ2v) is 5.41. The van der Waals surface area contributed by atoms with Gasteiger partial charge in [-0.2, -0.15) is 0 Å². The van der Waals surface area contributed by atoms with E-state index in [0.29, 0.717) is 5.92 Å². The van der Waals surface area contributed by atoms with Crippen molar-refractivity contribution in [1.82, 2.24) is 0 Å². The molecule has 3 heteroatoms. The fraction of sp³-hybridized carbons (Fsp3) is 0.600. The van der Waals surface area contributed by atoms with Gasteiger partial charge in [0.2, 0.25) is 0 Å². The molecular weight excluding hydrogens is 226 g/mol. The van der Waals surface area contributed by atoms with Gasteiger partial charge in [-0.3, -0.25) is 0 Å². The molecular formula is C15H23NO2. The maximum absolute atomic E-state index is 6.50. The molecule has 0 aromatic heterocycles. The molecule has 1 aromatic rings. The van der Waals surface area contributed by atoms with Crippen molar-refractivity contribution in [1.29, 1.82) is 0 Å². The Labute approximate surface area is 109 Å². The molecule has 3 nitrogen and oxygen atoms in total. The molecule has 0 saturated carbocycles. The molecule has 2 N–H and O–H groups in total. The topological polar surface area (TPSA) is 44.5 Å². The zero-order chi connectivity index (χ0) is 13.0. The molecule has 1 atom stereocenters. The van der Waals surface area contributed by atoms with E-state index in [1.165, 1.54) is 0 Å². The molecule has 1 heterocycles. The first-order chi connectivity index (χ1) is 8.62. The number of rotatable bonds is 4. The molecule has 18 heavy (non-hydrogen) atoms. The van der Waals surface area contributed by atoms with Crippen LogP contribution in [0.1, 0.15) is 31.7 Å². The van der Waals surface area contributed by atoms with Gasteiger partial charge in [-0.15, -0.1) is 0 Å². The van der Waals surface area contributed by atoms with Crippen LogP contribution in [0.25, 0.3) is 0 Å². The molecule has 1 saturated heterocycles. The van der Waals surface area contributed by atoms with Gasteiger partial charge >= 0.3 is 0 Å². The largest absolute Gasteiger partial charge is 0.497 e. The molecule has 0 bridgehead atoms. The van der Waals surface area contributed by atoms with Crippen LogP contribution in [0.5, 0.6) is 5.75 Å². The van der Waals surface area contributed by atoms with E-state index in [1.54, 1.807) is 7.11 Å². The summed E-state index contributed by atoms with van der Waals surface area (Å²) >= 11 is 0. The van der Waals surface area contributed by atoms with E-state index < -0.39 is 0 Å². The summed E-state index contributed by atoms with van der Waals surface area (Å²) in [4.78, 5) is 0. The highest BCUT2D eigenvalue weighted by Gasteiger charge is 2.27. The fourth-order valence-electron chi connectivity index (χ4n) is 2.65. The van der Waals surface area contributed by atoms with Crippen LogP contribution in [0.15, 0.2) is 24.3 Å². The molecule has 1 fully saturated rings. The lowest BCUT2D eigenvalue weighted by Crippen LogP contribution is -2.36. The lowest BCUT2D eigenvalue weighted by Gasteiger charge is -2.32. The van der Waals surface area contributed by atoms with Gasteiger partial charge in [0, 0.05) is 18.8 Å². The average molecular weight is 249 g/mol. The zero-order valence-electron chi connectivity index (χ0n) is 11.3. The van der Waals surface area contributed by atoms with Crippen LogP contribution >= 0.6 is 0 Å². The van der Waals surface area contributed by atoms with Gasteiger partial charge in [0.05, 0.1) is 7.11 Å². The summed E-state index contributed by atoms with van der Waals surface area (Å²) < 4.78 is 10.7. The van der Waals surface area contributed by atoms with Crippen molar-refractivity contribution in [2.75, 3.05) is 20.3 Å². The lowest BCUT2D eigenvalue weighted by atomic mass is 9.81. The third-order valence-corrected chi connectivity index (χ3v) is 3.78. The molecule has 1 aliphatic heterocycles. The summed E-state index contributed by atoms with van der Waals surface area (Å²) in [6, 6.07) is 8.08. The SMILES string of the molecule is COc1cccc(C(C)(N)CC2CCOCC2)c1. The Hall–Kier alpha value is -1.06. The minimum Gasteiger partial charge on any atom is -0.497 e. The molecule has 0 amide bonds. The summed E-state index contributed by atoms with van der Waals surface area (Å²) in [6.07, 6.45) is 3.25. The predicted molar refractivity (Wildman–Crippen MR) is 72.7 cm³/mol. The highest BCUT2D eigenvalue weighted by Crippen LogP contribution is 2.31. The molecule has 1 aromatic carbocycles. The van der Waals surface area contributed by atoms with Crippen LogP contribution in [-0.4, -0.2) is 20.3 Å². The zero-order valence-corrected chi connectivity index (χ0v) is 11.3. The van der Waals surface area contributed by atoms with E-state index in [1.807, 2.05) is 18.2 Å². The number of benzene rings is 1. The predicted octanol–water partition coefficient (Wildman–Crippen LogP) is 2.69. The van der Waals surface area contributed by atoms with E-state index in [2.05, 4.69) is 13.0 Å². The van der Waals surface area contributed by atoms with Crippen molar-refractivity contribution in [2.24, 2.45) is 11.7 Å². The molecule has 0 spiro atoms. The van der Waals surface area contributed by atoms with Crippen molar-refractivity contribution in [3.05, 3.63) is 29.8 Å². The Bertz CT molecular complexity index is 384. The maximum atomic E-state index is 6.50. The van der Waals surface area contributed by atoms with Crippen LogP contribution in [0.4, 0.5) is 0 Å². The molecule has 1 aliphatic rings. The molecule has 0 radical (unpaired) electrons. The summed E-state index contributed by atoms with van der Waals surface area (Å²) in [5.41, 5.74) is 7.35. The minimum atomic E-state index is -0.295. The van der Waals surface area contributed by atoms with Gasteiger partial charge < -0.3 is 15.2 Å². The van der Waals surface area contributed by atoms with Crippen LogP contribution < -0.4 is 10.5 Å². The first kappa shape index (κ1) is 13.4. The Morgan fingerprint density at radius 3 is 2.78 bits per heavy atom. The van der Waals surface area contributed by atoms with Gasteiger partial charge in [0.1, 0.15) is 5.75 Å². The Morgan fingerprint density at radius 1 is 1.39 bits per heavy atom. The Morgan fingerprint density at radius 2 is 2.11 bits per heavy atom. The monoisotopic (exact) mass is 249 g/mol.